The molecule has 0 N–H and O–H groups in total. The molecule has 6 heteroatoms. The number of allylic oxidation sites excluding steroid dienone is 6. The van der Waals surface area contributed by atoms with E-state index in [4.69, 9.17) is 14.2 Å². The summed E-state index contributed by atoms with van der Waals surface area (Å²) in [5.41, 5.74) is 0. The Bertz CT molecular complexity index is 1220. The van der Waals surface area contributed by atoms with Crippen molar-refractivity contribution < 1.29 is 28.6 Å². The second-order valence-electron chi connectivity index (χ2n) is 22.0. The van der Waals surface area contributed by atoms with Crippen LogP contribution in [-0.4, -0.2) is 37.2 Å². The number of hydrogen-bond acceptors (Lipinski definition) is 6. The normalized spacial score (nSPS) is 12.2. The van der Waals surface area contributed by atoms with Gasteiger partial charge in [-0.05, 0) is 96.3 Å². The summed E-state index contributed by atoms with van der Waals surface area (Å²) in [5.74, 6) is -0.857. The maximum atomic E-state index is 12.9. The van der Waals surface area contributed by atoms with Crippen LogP contribution in [0.15, 0.2) is 36.5 Å². The molecule has 0 saturated carbocycles. The highest BCUT2D eigenvalue weighted by Gasteiger charge is 2.19. The fourth-order valence-electron chi connectivity index (χ4n) is 9.67. The van der Waals surface area contributed by atoms with Gasteiger partial charge in [-0.3, -0.25) is 14.4 Å². The van der Waals surface area contributed by atoms with Crippen LogP contribution >= 0.6 is 0 Å². The quantitative estimate of drug-likeness (QED) is 0.0261. The maximum absolute atomic E-state index is 12.9. The van der Waals surface area contributed by atoms with Crippen molar-refractivity contribution in [1.29, 1.82) is 0 Å². The first-order valence-electron chi connectivity index (χ1n) is 32.5. The Morgan fingerprint density at radius 2 is 0.452 bits per heavy atom. The summed E-state index contributed by atoms with van der Waals surface area (Å²) in [7, 11) is 0. The van der Waals surface area contributed by atoms with E-state index in [-0.39, 0.29) is 31.1 Å². The lowest BCUT2D eigenvalue weighted by molar-refractivity contribution is -0.167. The number of rotatable bonds is 60. The maximum Gasteiger partial charge on any atom is 0.306 e. The molecule has 0 bridgehead atoms. The molecule has 0 aliphatic carbocycles. The van der Waals surface area contributed by atoms with Gasteiger partial charge < -0.3 is 14.2 Å². The smallest absolute Gasteiger partial charge is 0.306 e. The van der Waals surface area contributed by atoms with E-state index in [0.717, 1.165) is 57.8 Å². The number of esters is 3. The Kier molecular flexibility index (Phi) is 60.2. The average Bonchev–Trinajstić information content (AvgIpc) is 3.39. The highest BCUT2D eigenvalue weighted by Crippen LogP contribution is 2.17. The van der Waals surface area contributed by atoms with E-state index in [1.807, 2.05) is 0 Å². The lowest BCUT2D eigenvalue weighted by Crippen LogP contribution is -2.30. The van der Waals surface area contributed by atoms with E-state index in [0.29, 0.717) is 19.3 Å². The molecule has 428 valence electrons. The minimum absolute atomic E-state index is 0.0723. The SMILES string of the molecule is CCCCCCCC/C=C\CCCCCCCCCCCC(=O)OCC(COC(=O)CCCCCCCCC/C=C\CCCCCCCC)OC(=O)CCCCCCCCCCC/C=C\CCCCCCCC. The van der Waals surface area contributed by atoms with Crippen molar-refractivity contribution in [3.63, 3.8) is 0 Å². The average molecular weight is 1030 g/mol. The van der Waals surface area contributed by atoms with Crippen LogP contribution in [0.25, 0.3) is 0 Å². The van der Waals surface area contributed by atoms with Gasteiger partial charge in [0.15, 0.2) is 6.10 Å². The van der Waals surface area contributed by atoms with Crippen molar-refractivity contribution in [1.82, 2.24) is 0 Å². The van der Waals surface area contributed by atoms with Crippen LogP contribution in [0.5, 0.6) is 0 Å². The molecule has 0 spiro atoms. The van der Waals surface area contributed by atoms with Gasteiger partial charge in [0, 0.05) is 19.3 Å². The summed E-state index contributed by atoms with van der Waals surface area (Å²) in [6.07, 6.45) is 75.7. The molecule has 0 fully saturated rings. The van der Waals surface area contributed by atoms with Crippen LogP contribution in [0, 0.1) is 0 Å². The van der Waals surface area contributed by atoms with E-state index >= 15 is 0 Å². The number of hydrogen-bond donors (Lipinski definition) is 0. The Labute approximate surface area is 455 Å². The van der Waals surface area contributed by atoms with E-state index in [2.05, 4.69) is 57.2 Å². The Morgan fingerprint density at radius 1 is 0.260 bits per heavy atom. The molecular formula is C67H124O6. The molecule has 1 unspecified atom stereocenters. The van der Waals surface area contributed by atoms with Crippen molar-refractivity contribution >= 4 is 17.9 Å². The Morgan fingerprint density at radius 3 is 0.685 bits per heavy atom. The van der Waals surface area contributed by atoms with Gasteiger partial charge in [-0.1, -0.05) is 276 Å². The van der Waals surface area contributed by atoms with Crippen LogP contribution in [0.2, 0.25) is 0 Å². The fraction of sp³-hybridized carbons (Fsp3) is 0.866. The predicted molar refractivity (Wildman–Crippen MR) is 316 cm³/mol. The molecule has 0 aliphatic rings. The van der Waals surface area contributed by atoms with Crippen LogP contribution < -0.4 is 0 Å². The van der Waals surface area contributed by atoms with Gasteiger partial charge in [0.1, 0.15) is 13.2 Å². The minimum Gasteiger partial charge on any atom is -0.462 e. The van der Waals surface area contributed by atoms with Gasteiger partial charge in [0.2, 0.25) is 0 Å². The molecule has 0 heterocycles. The number of ether oxygens (including phenoxy) is 3. The fourth-order valence-corrected chi connectivity index (χ4v) is 9.67. The first kappa shape index (κ1) is 70.6. The summed E-state index contributed by atoms with van der Waals surface area (Å²) in [6, 6.07) is 0. The number of unbranched alkanes of at least 4 members (excludes halogenated alkanes) is 43. The molecule has 0 aliphatic heterocycles. The molecule has 0 amide bonds. The summed E-state index contributed by atoms with van der Waals surface area (Å²) >= 11 is 0. The first-order chi connectivity index (χ1) is 36.0. The van der Waals surface area contributed by atoms with Crippen molar-refractivity contribution in [2.24, 2.45) is 0 Å². The zero-order valence-corrected chi connectivity index (χ0v) is 49.2. The predicted octanol–water partition coefficient (Wildman–Crippen LogP) is 22.0. The van der Waals surface area contributed by atoms with Crippen molar-refractivity contribution in [2.45, 2.75) is 361 Å². The first-order valence-corrected chi connectivity index (χ1v) is 32.5. The van der Waals surface area contributed by atoms with Gasteiger partial charge in [0.25, 0.3) is 0 Å². The van der Waals surface area contributed by atoms with Crippen LogP contribution in [0.3, 0.4) is 0 Å². The third kappa shape index (κ3) is 60.4. The van der Waals surface area contributed by atoms with E-state index in [1.165, 1.54) is 257 Å². The lowest BCUT2D eigenvalue weighted by atomic mass is 10.1. The zero-order chi connectivity index (χ0) is 52.9. The molecule has 0 aromatic rings. The molecule has 1 atom stereocenters. The van der Waals surface area contributed by atoms with Crippen molar-refractivity contribution in [3.8, 4) is 0 Å². The third-order valence-corrected chi connectivity index (χ3v) is 14.6. The molecule has 0 radical (unpaired) electrons. The van der Waals surface area contributed by atoms with E-state index in [1.54, 1.807) is 0 Å². The minimum atomic E-state index is -0.775. The Balaban J connectivity index is 4.34. The van der Waals surface area contributed by atoms with Gasteiger partial charge in [-0.15, -0.1) is 0 Å². The summed E-state index contributed by atoms with van der Waals surface area (Å²) in [5, 5.41) is 0. The molecule has 73 heavy (non-hydrogen) atoms. The van der Waals surface area contributed by atoms with Gasteiger partial charge in [0.05, 0.1) is 0 Å². The largest absolute Gasteiger partial charge is 0.462 e. The molecule has 0 rings (SSSR count). The summed E-state index contributed by atoms with van der Waals surface area (Å²) in [6.45, 7) is 6.68. The van der Waals surface area contributed by atoms with E-state index in [9.17, 15) is 14.4 Å². The molecule has 0 saturated heterocycles. The molecule has 6 nitrogen and oxygen atoms in total. The number of carbonyl (C=O) groups is 3. The second kappa shape index (κ2) is 62.2. The molecule has 0 aromatic carbocycles. The summed E-state index contributed by atoms with van der Waals surface area (Å²) < 4.78 is 17.0. The number of carbonyl (C=O) groups excluding carboxylic acids is 3. The topological polar surface area (TPSA) is 78.9 Å². The highest BCUT2D eigenvalue weighted by molar-refractivity contribution is 5.71. The summed E-state index contributed by atoms with van der Waals surface area (Å²) in [4.78, 5) is 38.3. The monoisotopic (exact) mass is 1020 g/mol. The van der Waals surface area contributed by atoms with Crippen LogP contribution in [0.1, 0.15) is 355 Å². The van der Waals surface area contributed by atoms with Crippen molar-refractivity contribution in [3.05, 3.63) is 36.5 Å². The van der Waals surface area contributed by atoms with E-state index < -0.39 is 6.10 Å². The Hall–Kier alpha value is -2.37. The molecular weight excluding hydrogens is 901 g/mol. The third-order valence-electron chi connectivity index (χ3n) is 14.6. The second-order valence-corrected chi connectivity index (χ2v) is 22.0. The van der Waals surface area contributed by atoms with Gasteiger partial charge in [-0.2, -0.15) is 0 Å². The highest BCUT2D eigenvalue weighted by atomic mass is 16.6. The van der Waals surface area contributed by atoms with Crippen molar-refractivity contribution in [2.75, 3.05) is 13.2 Å². The van der Waals surface area contributed by atoms with Crippen LogP contribution in [0.4, 0.5) is 0 Å². The lowest BCUT2D eigenvalue weighted by Gasteiger charge is -2.18. The van der Waals surface area contributed by atoms with Crippen LogP contribution in [-0.2, 0) is 28.6 Å². The van der Waals surface area contributed by atoms with Gasteiger partial charge in [-0.25, -0.2) is 0 Å². The zero-order valence-electron chi connectivity index (χ0n) is 49.2. The molecule has 0 aromatic heterocycles. The standard InChI is InChI=1S/C67H124O6/c1-4-7-10-13-16-19-22-25-28-31-33-36-39-42-45-48-51-54-57-60-66(69)72-63-64(62-71-65(68)59-56-53-50-47-44-41-38-35-30-27-24-21-18-15-12-9-6-3)73-67(70)61-58-55-52-49-46-43-40-37-34-32-29-26-23-20-17-14-11-8-5-2/h25-30,64H,4-24,31-63H2,1-3H3/b28-25-,29-26-,30-27-. The van der Waals surface area contributed by atoms with Gasteiger partial charge >= 0.3 is 17.9 Å².